The summed E-state index contributed by atoms with van der Waals surface area (Å²) in [6.45, 7) is 0.797. The van der Waals surface area contributed by atoms with E-state index in [0.717, 1.165) is 21.5 Å². The van der Waals surface area contributed by atoms with Crippen LogP contribution in [0.4, 0.5) is 0 Å². The lowest BCUT2D eigenvalue weighted by atomic mass is 10.2. The standard InChI is InChI=1S/C13H12BrClN2O/c14-10-1-3-12(17-7-10)8-18-13-4-2-11(15)5-9(13)6-16/h1-5,7H,6,8,16H2. The second-order valence-electron chi connectivity index (χ2n) is 3.71. The van der Waals surface area contributed by atoms with Gasteiger partial charge in [0.15, 0.2) is 0 Å². The van der Waals surface area contributed by atoms with Crippen LogP contribution < -0.4 is 10.5 Å². The Balaban J connectivity index is 2.08. The quantitative estimate of drug-likeness (QED) is 0.934. The normalized spacial score (nSPS) is 10.4. The largest absolute Gasteiger partial charge is 0.487 e. The molecule has 0 spiro atoms. The molecule has 2 rings (SSSR count). The number of rotatable bonds is 4. The first kappa shape index (κ1) is 13.3. The van der Waals surface area contributed by atoms with Crippen LogP contribution in [0.1, 0.15) is 11.3 Å². The molecule has 1 heterocycles. The van der Waals surface area contributed by atoms with Crippen LogP contribution in [0.2, 0.25) is 5.02 Å². The number of aromatic nitrogens is 1. The fourth-order valence-electron chi connectivity index (χ4n) is 1.49. The molecule has 0 unspecified atom stereocenters. The van der Waals surface area contributed by atoms with Crippen molar-refractivity contribution < 1.29 is 4.74 Å². The van der Waals surface area contributed by atoms with Gasteiger partial charge >= 0.3 is 0 Å². The van der Waals surface area contributed by atoms with E-state index in [2.05, 4.69) is 20.9 Å². The molecule has 0 aliphatic rings. The first-order chi connectivity index (χ1) is 8.69. The van der Waals surface area contributed by atoms with Gasteiger partial charge in [-0.15, -0.1) is 0 Å². The summed E-state index contributed by atoms with van der Waals surface area (Å²) in [5, 5.41) is 0.657. The van der Waals surface area contributed by atoms with Gasteiger partial charge in [-0.2, -0.15) is 0 Å². The van der Waals surface area contributed by atoms with Crippen molar-refractivity contribution >= 4 is 27.5 Å². The number of halogens is 2. The number of benzene rings is 1. The molecule has 18 heavy (non-hydrogen) atoms. The molecule has 1 aromatic carbocycles. The summed E-state index contributed by atoms with van der Waals surface area (Å²) in [6.07, 6.45) is 1.74. The van der Waals surface area contributed by atoms with Crippen molar-refractivity contribution in [2.75, 3.05) is 0 Å². The number of hydrogen-bond donors (Lipinski definition) is 1. The summed E-state index contributed by atoms with van der Waals surface area (Å²) >= 11 is 9.24. The fourth-order valence-corrected chi connectivity index (χ4v) is 1.92. The SMILES string of the molecule is NCc1cc(Cl)ccc1OCc1ccc(Br)cn1. The molecule has 0 bridgehead atoms. The van der Waals surface area contributed by atoms with Crippen molar-refractivity contribution in [2.24, 2.45) is 5.73 Å². The number of ether oxygens (including phenoxy) is 1. The minimum atomic E-state index is 0.393. The predicted molar refractivity (Wildman–Crippen MR) is 75.6 cm³/mol. The maximum atomic E-state index is 5.90. The van der Waals surface area contributed by atoms with E-state index in [-0.39, 0.29) is 0 Å². The third kappa shape index (κ3) is 3.45. The Hall–Kier alpha value is -1.10. The van der Waals surface area contributed by atoms with Crippen LogP contribution in [0.15, 0.2) is 41.0 Å². The lowest BCUT2D eigenvalue weighted by Gasteiger charge is -2.10. The third-order valence-electron chi connectivity index (χ3n) is 2.41. The van der Waals surface area contributed by atoms with E-state index in [4.69, 9.17) is 22.1 Å². The van der Waals surface area contributed by atoms with Gasteiger partial charge in [0.1, 0.15) is 12.4 Å². The van der Waals surface area contributed by atoms with Crippen LogP contribution in [0, 0.1) is 0 Å². The average Bonchev–Trinajstić information content (AvgIpc) is 2.39. The van der Waals surface area contributed by atoms with Crippen molar-refractivity contribution in [2.45, 2.75) is 13.2 Å². The van der Waals surface area contributed by atoms with Crippen LogP contribution in [-0.4, -0.2) is 4.98 Å². The van der Waals surface area contributed by atoms with Crippen molar-refractivity contribution in [3.63, 3.8) is 0 Å². The molecular weight excluding hydrogens is 316 g/mol. The summed E-state index contributed by atoms with van der Waals surface area (Å²) in [5.41, 5.74) is 7.39. The van der Waals surface area contributed by atoms with Crippen molar-refractivity contribution in [3.8, 4) is 5.75 Å². The average molecular weight is 328 g/mol. The van der Waals surface area contributed by atoms with Crippen LogP contribution >= 0.6 is 27.5 Å². The van der Waals surface area contributed by atoms with Gasteiger partial charge in [0.25, 0.3) is 0 Å². The summed E-state index contributed by atoms with van der Waals surface area (Å²) < 4.78 is 6.64. The van der Waals surface area contributed by atoms with Gasteiger partial charge in [0.2, 0.25) is 0 Å². The van der Waals surface area contributed by atoms with E-state index in [1.165, 1.54) is 0 Å². The minimum Gasteiger partial charge on any atom is -0.487 e. The van der Waals surface area contributed by atoms with Crippen molar-refractivity contribution in [1.29, 1.82) is 0 Å². The first-order valence-corrected chi connectivity index (χ1v) is 6.58. The van der Waals surface area contributed by atoms with Crippen LogP contribution in [0.25, 0.3) is 0 Å². The Bertz CT molecular complexity index is 531. The fraction of sp³-hybridized carbons (Fsp3) is 0.154. The molecule has 1 aromatic heterocycles. The Morgan fingerprint density at radius 1 is 1.28 bits per heavy atom. The smallest absolute Gasteiger partial charge is 0.130 e. The number of nitrogens with zero attached hydrogens (tertiary/aromatic N) is 1. The lowest BCUT2D eigenvalue weighted by Crippen LogP contribution is -2.03. The van der Waals surface area contributed by atoms with E-state index in [9.17, 15) is 0 Å². The molecule has 0 atom stereocenters. The zero-order valence-electron chi connectivity index (χ0n) is 9.57. The summed E-state index contributed by atoms with van der Waals surface area (Å²) in [7, 11) is 0. The zero-order chi connectivity index (χ0) is 13.0. The predicted octanol–water partition coefficient (Wildman–Crippen LogP) is 3.54. The van der Waals surface area contributed by atoms with E-state index in [1.807, 2.05) is 24.3 Å². The van der Waals surface area contributed by atoms with Crippen molar-refractivity contribution in [1.82, 2.24) is 4.98 Å². The van der Waals surface area contributed by atoms with Gasteiger partial charge in [0.05, 0.1) is 5.69 Å². The topological polar surface area (TPSA) is 48.1 Å². The highest BCUT2D eigenvalue weighted by atomic mass is 79.9. The summed E-state index contributed by atoms with van der Waals surface area (Å²) in [5.74, 6) is 0.742. The van der Waals surface area contributed by atoms with E-state index in [0.29, 0.717) is 18.2 Å². The lowest BCUT2D eigenvalue weighted by molar-refractivity contribution is 0.298. The van der Waals surface area contributed by atoms with Crippen LogP contribution in [0.5, 0.6) is 5.75 Å². The highest BCUT2D eigenvalue weighted by Gasteiger charge is 2.04. The Morgan fingerprint density at radius 2 is 2.11 bits per heavy atom. The Labute approximate surface area is 119 Å². The molecule has 5 heteroatoms. The first-order valence-electron chi connectivity index (χ1n) is 5.41. The zero-order valence-corrected chi connectivity index (χ0v) is 11.9. The molecular formula is C13H12BrClN2O. The molecule has 2 aromatic rings. The molecule has 0 radical (unpaired) electrons. The van der Waals surface area contributed by atoms with Gasteiger partial charge in [-0.1, -0.05) is 11.6 Å². The highest BCUT2D eigenvalue weighted by Crippen LogP contribution is 2.23. The van der Waals surface area contributed by atoms with Gasteiger partial charge in [-0.3, -0.25) is 4.98 Å². The summed E-state index contributed by atoms with van der Waals surface area (Å²) in [6, 6.07) is 9.25. The number of hydrogen-bond acceptors (Lipinski definition) is 3. The Kier molecular flexibility index (Phi) is 4.58. The molecule has 0 saturated heterocycles. The number of pyridine rings is 1. The molecule has 0 saturated carbocycles. The molecule has 0 aliphatic heterocycles. The second kappa shape index (κ2) is 6.18. The van der Waals surface area contributed by atoms with Gasteiger partial charge in [-0.05, 0) is 46.3 Å². The van der Waals surface area contributed by atoms with Gasteiger partial charge < -0.3 is 10.5 Å². The van der Waals surface area contributed by atoms with Crippen LogP contribution in [0.3, 0.4) is 0 Å². The summed E-state index contributed by atoms with van der Waals surface area (Å²) in [4.78, 5) is 4.24. The van der Waals surface area contributed by atoms with E-state index in [1.54, 1.807) is 12.3 Å². The molecule has 2 N–H and O–H groups in total. The van der Waals surface area contributed by atoms with Gasteiger partial charge in [0, 0.05) is 27.8 Å². The minimum absolute atomic E-state index is 0.393. The van der Waals surface area contributed by atoms with E-state index < -0.39 is 0 Å². The Morgan fingerprint density at radius 3 is 2.78 bits per heavy atom. The maximum absolute atomic E-state index is 5.90. The second-order valence-corrected chi connectivity index (χ2v) is 5.06. The van der Waals surface area contributed by atoms with E-state index >= 15 is 0 Å². The number of nitrogens with two attached hydrogens (primary N) is 1. The monoisotopic (exact) mass is 326 g/mol. The van der Waals surface area contributed by atoms with Gasteiger partial charge in [-0.25, -0.2) is 0 Å². The van der Waals surface area contributed by atoms with Crippen molar-refractivity contribution in [3.05, 3.63) is 57.3 Å². The molecule has 0 amide bonds. The maximum Gasteiger partial charge on any atom is 0.130 e. The molecule has 0 fully saturated rings. The molecule has 3 nitrogen and oxygen atoms in total. The van der Waals surface area contributed by atoms with Crippen LogP contribution in [-0.2, 0) is 13.2 Å². The third-order valence-corrected chi connectivity index (χ3v) is 3.11. The molecule has 0 aliphatic carbocycles. The highest BCUT2D eigenvalue weighted by molar-refractivity contribution is 9.10. The molecule has 94 valence electrons.